The zero-order valence-electron chi connectivity index (χ0n) is 15.7. The fraction of sp³-hybridized carbons (Fsp3) is 0.158. The van der Waals surface area contributed by atoms with Crippen LogP contribution in [0.1, 0.15) is 16.2 Å². The van der Waals surface area contributed by atoms with Crippen LogP contribution in [0, 0.1) is 0 Å². The number of anilines is 3. The van der Waals surface area contributed by atoms with E-state index in [1.807, 2.05) is 12.1 Å². The lowest BCUT2D eigenvalue weighted by atomic mass is 10.2. The van der Waals surface area contributed by atoms with Crippen molar-refractivity contribution in [2.45, 2.75) is 6.61 Å². The van der Waals surface area contributed by atoms with Crippen molar-refractivity contribution in [2.75, 3.05) is 25.3 Å². The van der Waals surface area contributed by atoms with Crippen molar-refractivity contribution in [2.24, 2.45) is 0 Å². The summed E-state index contributed by atoms with van der Waals surface area (Å²) in [5.41, 5.74) is 6.77. The number of ether oxygens (including phenoxy) is 3. The number of nitrogens with zero attached hydrogens (tertiary/aromatic N) is 3. The van der Waals surface area contributed by atoms with Gasteiger partial charge in [-0.3, -0.25) is 0 Å². The number of benzene rings is 2. The van der Waals surface area contributed by atoms with Crippen molar-refractivity contribution < 1.29 is 19.0 Å². The molecule has 3 N–H and O–H groups in total. The Labute approximate surface area is 175 Å². The van der Waals surface area contributed by atoms with Crippen LogP contribution in [0.15, 0.2) is 46.9 Å². The summed E-state index contributed by atoms with van der Waals surface area (Å²) in [4.78, 5) is 24.6. The highest BCUT2D eigenvalue weighted by Gasteiger charge is 2.13. The van der Waals surface area contributed by atoms with Gasteiger partial charge in [-0.05, 0) is 46.3 Å². The molecule has 0 saturated carbocycles. The zero-order chi connectivity index (χ0) is 20.8. The SMILES string of the molecule is COc1ccc(C(=O)OCc2nc(N)nc(Nc3ccccc3OC)n2)cc1Br. The third kappa shape index (κ3) is 5.11. The van der Waals surface area contributed by atoms with Crippen LogP contribution in [-0.4, -0.2) is 35.1 Å². The molecular formula is C19H18BrN5O4. The van der Waals surface area contributed by atoms with Crippen LogP contribution in [0.3, 0.4) is 0 Å². The molecule has 0 aliphatic rings. The standard InChI is InChI=1S/C19H18BrN5O4/c1-27-14-8-7-11(9-12(14)20)17(26)29-10-16-23-18(21)25-19(24-16)22-13-5-3-4-6-15(13)28-2/h3-9H,10H2,1-2H3,(H3,21,22,23,24,25). The Morgan fingerprint density at radius 3 is 2.55 bits per heavy atom. The molecule has 10 heteroatoms. The van der Waals surface area contributed by atoms with Gasteiger partial charge in [0.2, 0.25) is 11.9 Å². The highest BCUT2D eigenvalue weighted by molar-refractivity contribution is 9.10. The lowest BCUT2D eigenvalue weighted by molar-refractivity contribution is 0.0462. The number of aromatic nitrogens is 3. The molecule has 0 unspecified atom stereocenters. The molecule has 3 rings (SSSR count). The van der Waals surface area contributed by atoms with Gasteiger partial charge < -0.3 is 25.3 Å². The number of hydrogen-bond acceptors (Lipinski definition) is 9. The summed E-state index contributed by atoms with van der Waals surface area (Å²) in [5.74, 6) is 1.10. The fourth-order valence-corrected chi connectivity index (χ4v) is 2.97. The minimum atomic E-state index is -0.536. The van der Waals surface area contributed by atoms with Crippen molar-refractivity contribution in [3.05, 3.63) is 58.3 Å². The summed E-state index contributed by atoms with van der Waals surface area (Å²) in [7, 11) is 3.10. The van der Waals surface area contributed by atoms with Crippen molar-refractivity contribution in [3.63, 3.8) is 0 Å². The summed E-state index contributed by atoms with van der Waals surface area (Å²) in [6.45, 7) is -0.171. The molecule has 1 heterocycles. The maximum absolute atomic E-state index is 12.3. The van der Waals surface area contributed by atoms with Crippen LogP contribution in [0.4, 0.5) is 17.6 Å². The van der Waals surface area contributed by atoms with Gasteiger partial charge in [0.15, 0.2) is 12.4 Å². The molecule has 150 valence electrons. The molecule has 3 aromatic rings. The van der Waals surface area contributed by atoms with Crippen LogP contribution < -0.4 is 20.5 Å². The lowest BCUT2D eigenvalue weighted by Gasteiger charge is -2.11. The zero-order valence-corrected chi connectivity index (χ0v) is 17.3. The Morgan fingerprint density at radius 1 is 1.07 bits per heavy atom. The number of hydrogen-bond donors (Lipinski definition) is 2. The summed E-state index contributed by atoms with van der Waals surface area (Å²) in [5, 5.41) is 3.02. The minimum absolute atomic E-state index is 0.00404. The van der Waals surface area contributed by atoms with Gasteiger partial charge in [-0.15, -0.1) is 0 Å². The number of carbonyl (C=O) groups excluding carboxylic acids is 1. The smallest absolute Gasteiger partial charge is 0.338 e. The summed E-state index contributed by atoms with van der Waals surface area (Å²) >= 11 is 3.33. The monoisotopic (exact) mass is 459 g/mol. The van der Waals surface area contributed by atoms with Crippen molar-refractivity contribution in [1.29, 1.82) is 0 Å². The second kappa shape index (κ2) is 9.20. The molecule has 0 atom stereocenters. The molecule has 2 aromatic carbocycles. The van der Waals surface area contributed by atoms with E-state index in [1.54, 1.807) is 44.6 Å². The van der Waals surface area contributed by atoms with Gasteiger partial charge in [0.25, 0.3) is 0 Å². The van der Waals surface area contributed by atoms with Gasteiger partial charge in [-0.1, -0.05) is 12.1 Å². The van der Waals surface area contributed by atoms with Crippen LogP contribution in [0.2, 0.25) is 0 Å². The van der Waals surface area contributed by atoms with E-state index < -0.39 is 5.97 Å². The molecular weight excluding hydrogens is 442 g/mol. The largest absolute Gasteiger partial charge is 0.496 e. The van der Waals surface area contributed by atoms with Gasteiger partial charge in [-0.2, -0.15) is 15.0 Å². The number of rotatable bonds is 7. The average molecular weight is 460 g/mol. The topological polar surface area (TPSA) is 121 Å². The van der Waals surface area contributed by atoms with E-state index in [2.05, 4.69) is 36.2 Å². The maximum Gasteiger partial charge on any atom is 0.338 e. The quantitative estimate of drug-likeness (QED) is 0.512. The molecule has 9 nitrogen and oxygen atoms in total. The molecule has 29 heavy (non-hydrogen) atoms. The van der Waals surface area contributed by atoms with Crippen molar-refractivity contribution in [3.8, 4) is 11.5 Å². The first-order valence-electron chi connectivity index (χ1n) is 8.41. The Balaban J connectivity index is 1.71. The molecule has 0 fully saturated rings. The number of nitrogens with two attached hydrogens (primary N) is 1. The molecule has 0 aliphatic heterocycles. The number of para-hydroxylation sites is 2. The number of esters is 1. The summed E-state index contributed by atoms with van der Waals surface area (Å²) in [6, 6.07) is 12.2. The fourth-order valence-electron chi connectivity index (χ4n) is 2.43. The number of halogens is 1. The van der Waals surface area contributed by atoms with E-state index in [0.29, 0.717) is 27.2 Å². The van der Waals surface area contributed by atoms with Crippen molar-refractivity contribution >= 4 is 39.5 Å². The molecule has 0 saturated heterocycles. The van der Waals surface area contributed by atoms with Gasteiger partial charge in [0.05, 0.1) is 29.9 Å². The minimum Gasteiger partial charge on any atom is -0.496 e. The first kappa shape index (κ1) is 20.3. The van der Waals surface area contributed by atoms with E-state index in [0.717, 1.165) is 0 Å². The predicted molar refractivity (Wildman–Crippen MR) is 110 cm³/mol. The van der Waals surface area contributed by atoms with Crippen LogP contribution in [0.5, 0.6) is 11.5 Å². The third-order valence-electron chi connectivity index (χ3n) is 3.77. The molecule has 0 amide bonds. The summed E-state index contributed by atoms with van der Waals surface area (Å²) in [6.07, 6.45) is 0. The van der Waals surface area contributed by atoms with E-state index in [4.69, 9.17) is 19.9 Å². The van der Waals surface area contributed by atoms with Gasteiger partial charge in [-0.25, -0.2) is 4.79 Å². The molecule has 0 bridgehead atoms. The highest BCUT2D eigenvalue weighted by Crippen LogP contribution is 2.27. The van der Waals surface area contributed by atoms with Gasteiger partial charge in [0, 0.05) is 0 Å². The number of methoxy groups -OCH3 is 2. The molecule has 0 aliphatic carbocycles. The van der Waals surface area contributed by atoms with E-state index in [9.17, 15) is 4.79 Å². The Kier molecular flexibility index (Phi) is 6.45. The second-order valence-electron chi connectivity index (χ2n) is 5.68. The van der Waals surface area contributed by atoms with E-state index in [1.165, 1.54) is 0 Å². The molecule has 0 spiro atoms. The highest BCUT2D eigenvalue weighted by atomic mass is 79.9. The third-order valence-corrected chi connectivity index (χ3v) is 4.39. The number of nitrogens with one attached hydrogen (secondary N) is 1. The van der Waals surface area contributed by atoms with Crippen LogP contribution >= 0.6 is 15.9 Å². The van der Waals surface area contributed by atoms with Gasteiger partial charge in [0.1, 0.15) is 11.5 Å². The van der Waals surface area contributed by atoms with Gasteiger partial charge >= 0.3 is 5.97 Å². The first-order chi connectivity index (χ1) is 14.0. The Hall–Kier alpha value is -3.40. The predicted octanol–water partition coefficient (Wildman–Crippen LogP) is 3.33. The Morgan fingerprint density at radius 2 is 1.83 bits per heavy atom. The number of carbonyl (C=O) groups is 1. The van der Waals surface area contributed by atoms with Crippen LogP contribution in [0.25, 0.3) is 0 Å². The second-order valence-corrected chi connectivity index (χ2v) is 6.54. The lowest BCUT2D eigenvalue weighted by Crippen LogP contribution is -2.11. The number of nitrogen functional groups attached to an aromatic ring is 1. The molecule has 1 aromatic heterocycles. The average Bonchev–Trinajstić information content (AvgIpc) is 2.72. The van der Waals surface area contributed by atoms with Crippen molar-refractivity contribution in [1.82, 2.24) is 15.0 Å². The Bertz CT molecular complexity index is 1030. The van der Waals surface area contributed by atoms with E-state index in [-0.39, 0.29) is 24.3 Å². The molecule has 0 radical (unpaired) electrons. The first-order valence-corrected chi connectivity index (χ1v) is 9.20. The normalized spacial score (nSPS) is 10.3. The maximum atomic E-state index is 12.3. The van der Waals surface area contributed by atoms with Crippen LogP contribution in [-0.2, 0) is 11.3 Å². The summed E-state index contributed by atoms with van der Waals surface area (Å²) < 4.78 is 16.4. The van der Waals surface area contributed by atoms with E-state index >= 15 is 0 Å².